The minimum atomic E-state index is 0. The zero-order valence-corrected chi connectivity index (χ0v) is 32.9. The Kier molecular flexibility index (Phi) is 13.9. The third-order valence-electron chi connectivity index (χ3n) is 7.83. The molecule has 0 fully saturated rings. The molecule has 4 nitrogen and oxygen atoms in total. The van der Waals surface area contributed by atoms with Crippen molar-refractivity contribution in [1.82, 2.24) is 19.9 Å². The van der Waals surface area contributed by atoms with Crippen LogP contribution in [-0.4, -0.2) is 19.9 Å². The SMILES string of the molecule is CC(C)(C)c1ccnc(-c2cc(C(C)(C)C)ccn2)c1.Cc1c[c-]c(-c2cc(C)ccn2)cc1.Cc1c[c-]c(-c2cc(C)ccn2)cc1.[Ir]. The van der Waals surface area contributed by atoms with Crippen LogP contribution in [0.4, 0.5) is 0 Å². The van der Waals surface area contributed by atoms with Crippen LogP contribution >= 0.6 is 0 Å². The van der Waals surface area contributed by atoms with Gasteiger partial charge in [-0.05, 0) is 83.6 Å². The molecule has 0 amide bonds. The Morgan fingerprint density at radius 3 is 1.06 bits per heavy atom. The van der Waals surface area contributed by atoms with Crippen molar-refractivity contribution in [3.05, 3.63) is 155 Å². The number of aromatic nitrogens is 4. The van der Waals surface area contributed by atoms with Gasteiger partial charge < -0.3 is 9.97 Å². The fraction of sp³-hybridized carbons (Fsp3) is 0.273. The molecular weight excluding hydrogens is 777 g/mol. The summed E-state index contributed by atoms with van der Waals surface area (Å²) in [5.74, 6) is 0. The van der Waals surface area contributed by atoms with E-state index >= 15 is 0 Å². The Labute approximate surface area is 307 Å². The second-order valence-corrected chi connectivity index (χ2v) is 14.4. The van der Waals surface area contributed by atoms with Gasteiger partial charge in [-0.25, -0.2) is 0 Å². The molecule has 2 aromatic carbocycles. The van der Waals surface area contributed by atoms with Crippen molar-refractivity contribution < 1.29 is 20.1 Å². The molecule has 255 valence electrons. The van der Waals surface area contributed by atoms with E-state index in [1.807, 2.05) is 49.1 Å². The molecule has 0 atom stereocenters. The van der Waals surface area contributed by atoms with E-state index in [2.05, 4.69) is 162 Å². The predicted molar refractivity (Wildman–Crippen MR) is 201 cm³/mol. The Bertz CT molecular complexity index is 1770. The Balaban J connectivity index is 0.000000202. The van der Waals surface area contributed by atoms with E-state index in [4.69, 9.17) is 0 Å². The molecule has 49 heavy (non-hydrogen) atoms. The summed E-state index contributed by atoms with van der Waals surface area (Å²) in [6.45, 7) is 21.5. The summed E-state index contributed by atoms with van der Waals surface area (Å²) < 4.78 is 0. The van der Waals surface area contributed by atoms with Gasteiger partial charge in [0.2, 0.25) is 0 Å². The molecule has 6 rings (SSSR count). The summed E-state index contributed by atoms with van der Waals surface area (Å²) >= 11 is 0. The van der Waals surface area contributed by atoms with Gasteiger partial charge in [-0.2, -0.15) is 0 Å². The first-order chi connectivity index (χ1) is 22.7. The third kappa shape index (κ3) is 12.0. The summed E-state index contributed by atoms with van der Waals surface area (Å²) in [6, 6.07) is 35.3. The van der Waals surface area contributed by atoms with Crippen molar-refractivity contribution in [2.75, 3.05) is 0 Å². The summed E-state index contributed by atoms with van der Waals surface area (Å²) in [6.07, 6.45) is 7.42. The first-order valence-electron chi connectivity index (χ1n) is 16.5. The number of aryl methyl sites for hydroxylation is 4. The standard InChI is InChI=1S/C18H24N2.2C13H12N.Ir/c1-17(2,3)13-7-9-19-15(11-13)16-12-14(8-10-20-16)18(4,5)6;2*1-10-3-5-12(6-4-10)13-9-11(2)7-8-14-13;/h7-12H,1-6H3;2*3-5,7-9H,1-2H3;/q;2*-1;. The smallest absolute Gasteiger partial charge is 0.0889 e. The molecular formula is C44H48IrN4-2. The summed E-state index contributed by atoms with van der Waals surface area (Å²) in [5, 5.41) is 0. The van der Waals surface area contributed by atoms with Gasteiger partial charge in [0.15, 0.2) is 0 Å². The zero-order chi connectivity index (χ0) is 34.9. The molecule has 6 aromatic rings. The molecule has 1 radical (unpaired) electrons. The Hall–Kier alpha value is -4.31. The monoisotopic (exact) mass is 825 g/mol. The Morgan fingerprint density at radius 1 is 0.408 bits per heavy atom. The number of rotatable bonds is 3. The average Bonchev–Trinajstić information content (AvgIpc) is 3.05. The van der Waals surface area contributed by atoms with E-state index in [1.165, 1.54) is 33.4 Å². The average molecular weight is 825 g/mol. The fourth-order valence-electron chi connectivity index (χ4n) is 4.77. The van der Waals surface area contributed by atoms with Crippen LogP contribution < -0.4 is 0 Å². The zero-order valence-electron chi connectivity index (χ0n) is 30.5. The van der Waals surface area contributed by atoms with Gasteiger partial charge in [0.05, 0.1) is 11.4 Å². The van der Waals surface area contributed by atoms with Crippen LogP contribution in [0.1, 0.15) is 74.9 Å². The van der Waals surface area contributed by atoms with Crippen LogP contribution in [0, 0.1) is 39.8 Å². The number of benzene rings is 2. The van der Waals surface area contributed by atoms with E-state index in [9.17, 15) is 0 Å². The van der Waals surface area contributed by atoms with Crippen LogP contribution in [0.15, 0.2) is 110 Å². The van der Waals surface area contributed by atoms with Gasteiger partial charge in [0, 0.05) is 44.9 Å². The summed E-state index contributed by atoms with van der Waals surface area (Å²) in [5.41, 5.74) is 13.7. The number of nitrogens with zero attached hydrogens (tertiary/aromatic N) is 4. The van der Waals surface area contributed by atoms with Crippen LogP contribution in [-0.2, 0) is 30.9 Å². The normalized spacial score (nSPS) is 10.9. The van der Waals surface area contributed by atoms with E-state index in [-0.39, 0.29) is 30.9 Å². The first-order valence-corrected chi connectivity index (χ1v) is 16.5. The Morgan fingerprint density at radius 2 is 0.755 bits per heavy atom. The maximum atomic E-state index is 4.48. The molecule has 0 aliphatic heterocycles. The molecule has 0 N–H and O–H groups in total. The van der Waals surface area contributed by atoms with E-state index in [0.29, 0.717) is 0 Å². The molecule has 0 saturated carbocycles. The van der Waals surface area contributed by atoms with Crippen LogP contribution in [0.3, 0.4) is 0 Å². The molecule has 0 aliphatic carbocycles. The van der Waals surface area contributed by atoms with Crippen molar-refractivity contribution in [1.29, 1.82) is 0 Å². The fourth-order valence-corrected chi connectivity index (χ4v) is 4.77. The van der Waals surface area contributed by atoms with Gasteiger partial charge in [-0.3, -0.25) is 9.97 Å². The molecule has 0 spiro atoms. The van der Waals surface area contributed by atoms with Gasteiger partial charge in [0.25, 0.3) is 0 Å². The largest absolute Gasteiger partial charge is 0.305 e. The number of hydrogen-bond acceptors (Lipinski definition) is 4. The van der Waals surface area contributed by atoms with Crippen LogP contribution in [0.25, 0.3) is 33.9 Å². The molecule has 0 aliphatic rings. The predicted octanol–water partition coefficient (Wildman–Crippen LogP) is 11.1. The van der Waals surface area contributed by atoms with Crippen LogP contribution in [0.5, 0.6) is 0 Å². The topological polar surface area (TPSA) is 51.6 Å². The quantitative estimate of drug-likeness (QED) is 0.167. The number of hydrogen-bond donors (Lipinski definition) is 0. The van der Waals surface area contributed by atoms with Crippen molar-refractivity contribution in [3.8, 4) is 33.9 Å². The van der Waals surface area contributed by atoms with Crippen LogP contribution in [0.2, 0.25) is 0 Å². The molecule has 5 heteroatoms. The van der Waals surface area contributed by atoms with Crippen molar-refractivity contribution in [2.45, 2.75) is 80.1 Å². The van der Waals surface area contributed by atoms with Crippen molar-refractivity contribution in [2.24, 2.45) is 0 Å². The second kappa shape index (κ2) is 17.4. The number of pyridine rings is 4. The maximum absolute atomic E-state index is 4.48. The maximum Gasteiger partial charge on any atom is 0.0889 e. The molecule has 0 saturated heterocycles. The first kappa shape index (κ1) is 39.1. The summed E-state index contributed by atoms with van der Waals surface area (Å²) in [4.78, 5) is 17.6. The molecule has 0 bridgehead atoms. The van der Waals surface area contributed by atoms with Gasteiger partial charge in [0.1, 0.15) is 0 Å². The third-order valence-corrected chi connectivity index (χ3v) is 7.83. The summed E-state index contributed by atoms with van der Waals surface area (Å²) in [7, 11) is 0. The van der Waals surface area contributed by atoms with Gasteiger partial charge in [-0.1, -0.05) is 78.6 Å². The minimum Gasteiger partial charge on any atom is -0.305 e. The van der Waals surface area contributed by atoms with E-state index in [0.717, 1.165) is 33.9 Å². The molecule has 4 heterocycles. The van der Waals surface area contributed by atoms with Crippen molar-refractivity contribution in [3.63, 3.8) is 0 Å². The van der Waals surface area contributed by atoms with Crippen molar-refractivity contribution >= 4 is 0 Å². The minimum absolute atomic E-state index is 0. The molecule has 4 aromatic heterocycles. The van der Waals surface area contributed by atoms with E-state index in [1.54, 1.807) is 0 Å². The second-order valence-electron chi connectivity index (χ2n) is 14.4. The van der Waals surface area contributed by atoms with Gasteiger partial charge >= 0.3 is 0 Å². The van der Waals surface area contributed by atoms with E-state index < -0.39 is 0 Å². The van der Waals surface area contributed by atoms with Gasteiger partial charge in [-0.15, -0.1) is 70.8 Å². The molecule has 0 unspecified atom stereocenters.